The van der Waals surface area contributed by atoms with Crippen LogP contribution in [0.25, 0.3) is 0 Å². The van der Waals surface area contributed by atoms with Crippen LogP contribution in [0.5, 0.6) is 5.75 Å². The molecule has 0 aliphatic heterocycles. The van der Waals surface area contributed by atoms with E-state index in [1.54, 1.807) is 30.3 Å². The number of amides is 1. The lowest BCUT2D eigenvalue weighted by atomic mass is 10.2. The molecule has 0 fully saturated rings. The van der Waals surface area contributed by atoms with Crippen molar-refractivity contribution in [3.05, 3.63) is 96.8 Å². The molecule has 6 nitrogen and oxygen atoms in total. The lowest BCUT2D eigenvalue weighted by molar-refractivity contribution is 0.102. The molecule has 2 N–H and O–H groups in total. The third-order valence-electron chi connectivity index (χ3n) is 4.00. The van der Waals surface area contributed by atoms with Crippen molar-refractivity contribution in [2.45, 2.75) is 4.90 Å². The Bertz CT molecular complexity index is 1130. The summed E-state index contributed by atoms with van der Waals surface area (Å²) in [5.41, 5.74) is 1.11. The van der Waals surface area contributed by atoms with E-state index >= 15 is 0 Å². The predicted octanol–water partition coefficient (Wildman–Crippen LogP) is 4.44. The van der Waals surface area contributed by atoms with Crippen LogP contribution >= 0.6 is 0 Å². The number of carbonyl (C=O) groups is 1. The summed E-state index contributed by atoms with van der Waals surface area (Å²) in [6, 6.07) is 17.3. The smallest absolute Gasteiger partial charge is 0.261 e. The van der Waals surface area contributed by atoms with Crippen LogP contribution in [-0.2, 0) is 10.0 Å². The Balaban J connectivity index is 1.65. The molecule has 0 atom stereocenters. The van der Waals surface area contributed by atoms with Gasteiger partial charge in [-0.2, -0.15) is 0 Å². The van der Waals surface area contributed by atoms with Crippen LogP contribution in [-0.4, -0.2) is 20.9 Å². The SMILES string of the molecule is C=CCOc1ccc(C(=O)Nc2ccc(S(=O)(=O)Nc3ccc(F)cc3)cc2)cc1. The lowest BCUT2D eigenvalue weighted by Gasteiger charge is -2.10. The molecule has 0 bridgehead atoms. The van der Waals surface area contributed by atoms with E-state index in [4.69, 9.17) is 4.74 Å². The van der Waals surface area contributed by atoms with Crippen LogP contribution in [0.1, 0.15) is 10.4 Å². The number of benzene rings is 3. The molecule has 3 aromatic rings. The van der Waals surface area contributed by atoms with Gasteiger partial charge in [0.2, 0.25) is 0 Å². The van der Waals surface area contributed by atoms with Gasteiger partial charge in [0, 0.05) is 16.9 Å². The van der Waals surface area contributed by atoms with Gasteiger partial charge in [0.05, 0.1) is 4.90 Å². The van der Waals surface area contributed by atoms with E-state index in [2.05, 4.69) is 16.6 Å². The maximum Gasteiger partial charge on any atom is 0.261 e. The minimum Gasteiger partial charge on any atom is -0.490 e. The Morgan fingerprint density at radius 3 is 2.13 bits per heavy atom. The number of sulfonamides is 1. The molecular weight excluding hydrogens is 407 g/mol. The summed E-state index contributed by atoms with van der Waals surface area (Å²) < 4.78 is 45.6. The molecule has 0 radical (unpaired) electrons. The fourth-order valence-electron chi connectivity index (χ4n) is 2.51. The van der Waals surface area contributed by atoms with Gasteiger partial charge in [0.1, 0.15) is 18.2 Å². The third kappa shape index (κ3) is 5.45. The first-order valence-electron chi connectivity index (χ1n) is 8.91. The van der Waals surface area contributed by atoms with Gasteiger partial charge in [-0.3, -0.25) is 9.52 Å². The standard InChI is InChI=1S/C22H19FN2O4S/c1-2-15-29-20-11-3-16(4-12-20)22(26)24-18-9-13-21(14-10-18)30(27,28)25-19-7-5-17(23)6-8-19/h2-14,25H,1,15H2,(H,24,26). The molecule has 30 heavy (non-hydrogen) atoms. The topological polar surface area (TPSA) is 84.5 Å². The van der Waals surface area contributed by atoms with Crippen LogP contribution in [0, 0.1) is 5.82 Å². The quantitative estimate of drug-likeness (QED) is 0.522. The molecule has 0 spiro atoms. The molecule has 1 amide bonds. The normalized spacial score (nSPS) is 10.8. The van der Waals surface area contributed by atoms with Crippen LogP contribution < -0.4 is 14.8 Å². The van der Waals surface area contributed by atoms with E-state index in [1.165, 1.54) is 36.4 Å². The highest BCUT2D eigenvalue weighted by Crippen LogP contribution is 2.19. The van der Waals surface area contributed by atoms with Gasteiger partial charge >= 0.3 is 0 Å². The third-order valence-corrected chi connectivity index (χ3v) is 5.40. The lowest BCUT2D eigenvalue weighted by Crippen LogP contribution is -2.14. The molecule has 0 aliphatic rings. The Morgan fingerprint density at radius 1 is 0.933 bits per heavy atom. The molecule has 0 saturated carbocycles. The minimum absolute atomic E-state index is 0.00791. The first-order chi connectivity index (χ1) is 14.4. The fraction of sp³-hybridized carbons (Fsp3) is 0.0455. The highest BCUT2D eigenvalue weighted by molar-refractivity contribution is 7.92. The van der Waals surface area contributed by atoms with Crippen molar-refractivity contribution < 1.29 is 22.3 Å². The van der Waals surface area contributed by atoms with E-state index in [0.29, 0.717) is 23.6 Å². The van der Waals surface area contributed by atoms with Crippen molar-refractivity contribution in [1.82, 2.24) is 0 Å². The molecule has 3 rings (SSSR count). The van der Waals surface area contributed by atoms with Crippen molar-refractivity contribution in [1.29, 1.82) is 0 Å². The zero-order valence-electron chi connectivity index (χ0n) is 15.8. The number of nitrogens with one attached hydrogen (secondary N) is 2. The van der Waals surface area contributed by atoms with Gasteiger partial charge in [-0.15, -0.1) is 0 Å². The average molecular weight is 426 g/mol. The maximum absolute atomic E-state index is 13.0. The summed E-state index contributed by atoms with van der Waals surface area (Å²) >= 11 is 0. The van der Waals surface area contributed by atoms with E-state index in [-0.39, 0.29) is 16.5 Å². The number of halogens is 1. The van der Waals surface area contributed by atoms with Gasteiger partial charge in [0.25, 0.3) is 15.9 Å². The van der Waals surface area contributed by atoms with Crippen LogP contribution in [0.15, 0.2) is 90.3 Å². The zero-order valence-corrected chi connectivity index (χ0v) is 16.7. The molecule has 154 valence electrons. The van der Waals surface area contributed by atoms with Crippen molar-refractivity contribution in [2.24, 2.45) is 0 Å². The Hall–Kier alpha value is -3.65. The van der Waals surface area contributed by atoms with Crippen molar-refractivity contribution in [2.75, 3.05) is 16.6 Å². The zero-order chi connectivity index (χ0) is 21.6. The van der Waals surface area contributed by atoms with E-state index in [0.717, 1.165) is 12.1 Å². The van der Waals surface area contributed by atoms with Gasteiger partial charge in [-0.25, -0.2) is 12.8 Å². The second kappa shape index (κ2) is 9.23. The molecule has 0 heterocycles. The summed E-state index contributed by atoms with van der Waals surface area (Å²) in [5.74, 6) is -0.183. The van der Waals surface area contributed by atoms with Gasteiger partial charge in [-0.05, 0) is 72.8 Å². The maximum atomic E-state index is 13.0. The molecular formula is C22H19FN2O4S. The van der Waals surface area contributed by atoms with Crippen LogP contribution in [0.4, 0.5) is 15.8 Å². The first-order valence-corrected chi connectivity index (χ1v) is 10.4. The Kier molecular flexibility index (Phi) is 6.48. The summed E-state index contributed by atoms with van der Waals surface area (Å²) in [6.45, 7) is 3.94. The highest BCUT2D eigenvalue weighted by atomic mass is 32.2. The molecule has 0 aromatic heterocycles. The van der Waals surface area contributed by atoms with E-state index < -0.39 is 15.8 Å². The van der Waals surface area contributed by atoms with E-state index in [9.17, 15) is 17.6 Å². The number of rotatable bonds is 8. The van der Waals surface area contributed by atoms with E-state index in [1.807, 2.05) is 0 Å². The minimum atomic E-state index is -3.84. The van der Waals surface area contributed by atoms with Gasteiger partial charge in [-0.1, -0.05) is 12.7 Å². The molecule has 0 aliphatic carbocycles. The summed E-state index contributed by atoms with van der Waals surface area (Å²) in [5, 5.41) is 2.70. The van der Waals surface area contributed by atoms with Crippen molar-refractivity contribution in [3.63, 3.8) is 0 Å². The van der Waals surface area contributed by atoms with Crippen molar-refractivity contribution in [3.8, 4) is 5.75 Å². The largest absolute Gasteiger partial charge is 0.490 e. The summed E-state index contributed by atoms with van der Waals surface area (Å²) in [7, 11) is -3.84. The van der Waals surface area contributed by atoms with Crippen LogP contribution in [0.3, 0.4) is 0 Å². The molecule has 0 unspecified atom stereocenters. The number of hydrogen-bond donors (Lipinski definition) is 2. The Morgan fingerprint density at radius 2 is 1.53 bits per heavy atom. The Labute approximate surface area is 174 Å². The monoisotopic (exact) mass is 426 g/mol. The van der Waals surface area contributed by atoms with Crippen molar-refractivity contribution >= 4 is 27.3 Å². The first kappa shape index (κ1) is 21.1. The predicted molar refractivity (Wildman–Crippen MR) is 114 cm³/mol. The number of ether oxygens (including phenoxy) is 1. The second-order valence-corrected chi connectivity index (χ2v) is 7.90. The number of anilines is 2. The van der Waals surface area contributed by atoms with Gasteiger partial charge in [0.15, 0.2) is 0 Å². The summed E-state index contributed by atoms with van der Waals surface area (Å²) in [6.07, 6.45) is 1.62. The fourth-order valence-corrected chi connectivity index (χ4v) is 3.57. The summed E-state index contributed by atoms with van der Waals surface area (Å²) in [4.78, 5) is 12.4. The van der Waals surface area contributed by atoms with Gasteiger partial charge < -0.3 is 10.1 Å². The number of hydrogen-bond acceptors (Lipinski definition) is 4. The molecule has 8 heteroatoms. The van der Waals surface area contributed by atoms with Crippen LogP contribution in [0.2, 0.25) is 0 Å². The highest BCUT2D eigenvalue weighted by Gasteiger charge is 2.15. The molecule has 3 aromatic carbocycles. The second-order valence-electron chi connectivity index (χ2n) is 6.21. The molecule has 0 saturated heterocycles. The number of carbonyl (C=O) groups excluding carboxylic acids is 1. The average Bonchev–Trinajstić information content (AvgIpc) is 2.74.